The molecule has 1 aliphatic rings. The van der Waals surface area contributed by atoms with Gasteiger partial charge in [0.25, 0.3) is 0 Å². The van der Waals surface area contributed by atoms with Crippen molar-refractivity contribution >= 4 is 34.2 Å². The minimum absolute atomic E-state index is 0.0768. The second kappa shape index (κ2) is 8.28. The number of urea groups is 1. The van der Waals surface area contributed by atoms with Crippen LogP contribution in [0, 0.1) is 11.3 Å². The van der Waals surface area contributed by atoms with Crippen molar-refractivity contribution in [3.8, 4) is 0 Å². The van der Waals surface area contributed by atoms with Crippen molar-refractivity contribution in [2.75, 3.05) is 18.4 Å². The topological polar surface area (TPSA) is 81.2 Å². The number of para-hydroxylation sites is 1. The predicted octanol–water partition coefficient (Wildman–Crippen LogP) is 5.22. The average Bonchev–Trinajstić information content (AvgIpc) is 3.21. The lowest BCUT2D eigenvalue weighted by Crippen LogP contribution is -2.45. The number of hydrogen-bond donors (Lipinski definition) is 3. The molecule has 4 rings (SSSR count). The second-order valence-corrected chi connectivity index (χ2v) is 9.05. The minimum atomic E-state index is -0.700. The van der Waals surface area contributed by atoms with E-state index in [9.17, 15) is 9.90 Å². The molecule has 0 bridgehead atoms. The third kappa shape index (κ3) is 4.02. The van der Waals surface area contributed by atoms with Crippen LogP contribution in [0.15, 0.2) is 48.7 Å². The van der Waals surface area contributed by atoms with Crippen LogP contribution in [0.25, 0.3) is 10.9 Å². The number of aromatic amines is 1. The van der Waals surface area contributed by atoms with Crippen molar-refractivity contribution in [3.05, 3.63) is 59.2 Å². The number of amides is 2. The van der Waals surface area contributed by atoms with E-state index in [0.717, 1.165) is 35.0 Å². The number of aromatic nitrogens is 2. The number of aliphatic hydroxyl groups is 1. The molecule has 1 aliphatic heterocycles. The Kier molecular flexibility index (Phi) is 5.71. The van der Waals surface area contributed by atoms with Crippen LogP contribution < -0.4 is 5.32 Å². The quantitative estimate of drug-likeness (QED) is 0.535. The number of benzene rings is 2. The van der Waals surface area contributed by atoms with Gasteiger partial charge < -0.3 is 15.3 Å². The smallest absolute Gasteiger partial charge is 0.321 e. The van der Waals surface area contributed by atoms with Gasteiger partial charge in [-0.1, -0.05) is 43.6 Å². The highest BCUT2D eigenvalue weighted by molar-refractivity contribution is 6.31. The molecule has 0 spiro atoms. The molecule has 1 atom stereocenters. The third-order valence-electron chi connectivity index (χ3n) is 6.40. The molecule has 0 saturated carbocycles. The van der Waals surface area contributed by atoms with Crippen LogP contribution >= 0.6 is 11.6 Å². The van der Waals surface area contributed by atoms with Crippen LogP contribution in [0.3, 0.4) is 0 Å². The Labute approximate surface area is 181 Å². The maximum absolute atomic E-state index is 12.6. The maximum Gasteiger partial charge on any atom is 0.321 e. The number of carbonyl (C=O) groups excluding carboxylic acids is 1. The average molecular weight is 427 g/mol. The summed E-state index contributed by atoms with van der Waals surface area (Å²) >= 11 is 6.28. The summed E-state index contributed by atoms with van der Waals surface area (Å²) in [6, 6.07) is 13.1. The van der Waals surface area contributed by atoms with E-state index >= 15 is 0 Å². The van der Waals surface area contributed by atoms with Gasteiger partial charge in [0.2, 0.25) is 0 Å². The first kappa shape index (κ1) is 20.7. The molecule has 30 heavy (non-hydrogen) atoms. The number of hydrogen-bond acceptors (Lipinski definition) is 3. The Bertz CT molecular complexity index is 1030. The van der Waals surface area contributed by atoms with Gasteiger partial charge in [-0.25, -0.2) is 4.79 Å². The molecule has 1 fully saturated rings. The summed E-state index contributed by atoms with van der Waals surface area (Å²) in [4.78, 5) is 14.4. The summed E-state index contributed by atoms with van der Waals surface area (Å²) in [5.41, 5.74) is 2.00. The van der Waals surface area contributed by atoms with E-state index in [1.54, 1.807) is 6.20 Å². The standard InChI is InChI=1S/C23H27ClN4O2/c1-23(2,21(29)19-13-17(24)12-15-14-25-27-20(15)19)16-8-10-28(11-9-16)22(30)26-18-6-4-3-5-7-18/h3-7,12-14,16,21,29H,8-11H2,1-2H3,(H,25,27)(H,26,30). The van der Waals surface area contributed by atoms with Crippen LogP contribution in [0.4, 0.5) is 10.5 Å². The fraction of sp³-hybridized carbons (Fsp3) is 0.391. The summed E-state index contributed by atoms with van der Waals surface area (Å²) in [6.07, 6.45) is 2.68. The first-order valence-electron chi connectivity index (χ1n) is 10.3. The number of carbonyl (C=O) groups is 1. The van der Waals surface area contributed by atoms with Gasteiger partial charge >= 0.3 is 6.03 Å². The van der Waals surface area contributed by atoms with E-state index in [0.29, 0.717) is 18.1 Å². The van der Waals surface area contributed by atoms with Gasteiger partial charge in [-0.05, 0) is 48.4 Å². The molecular formula is C23H27ClN4O2. The number of halogens is 1. The number of nitrogens with one attached hydrogen (secondary N) is 2. The number of nitrogens with zero attached hydrogens (tertiary/aromatic N) is 2. The zero-order valence-corrected chi connectivity index (χ0v) is 18.0. The molecule has 6 nitrogen and oxygen atoms in total. The van der Waals surface area contributed by atoms with Crippen LogP contribution in [0.2, 0.25) is 5.02 Å². The largest absolute Gasteiger partial charge is 0.388 e. The van der Waals surface area contributed by atoms with Gasteiger partial charge in [-0.3, -0.25) is 5.10 Å². The summed E-state index contributed by atoms with van der Waals surface area (Å²) in [7, 11) is 0. The minimum Gasteiger partial charge on any atom is -0.388 e. The van der Waals surface area contributed by atoms with E-state index in [-0.39, 0.29) is 17.4 Å². The van der Waals surface area contributed by atoms with Gasteiger partial charge in [-0.15, -0.1) is 0 Å². The summed E-state index contributed by atoms with van der Waals surface area (Å²) in [6.45, 7) is 5.50. The Morgan fingerprint density at radius 1 is 1.27 bits per heavy atom. The van der Waals surface area contributed by atoms with Crippen molar-refractivity contribution in [2.24, 2.45) is 11.3 Å². The van der Waals surface area contributed by atoms with Gasteiger partial charge in [0.1, 0.15) is 0 Å². The lowest BCUT2D eigenvalue weighted by Gasteiger charge is -2.43. The number of rotatable bonds is 4. The molecule has 7 heteroatoms. The number of anilines is 1. The first-order chi connectivity index (χ1) is 14.4. The number of likely N-dealkylation sites (tertiary alicyclic amines) is 1. The van der Waals surface area contributed by atoms with Crippen molar-refractivity contribution in [3.63, 3.8) is 0 Å². The molecule has 1 saturated heterocycles. The zero-order valence-electron chi connectivity index (χ0n) is 17.2. The fourth-order valence-electron chi connectivity index (χ4n) is 4.44. The van der Waals surface area contributed by atoms with Gasteiger partial charge in [-0.2, -0.15) is 5.10 Å². The number of aliphatic hydroxyl groups excluding tert-OH is 1. The lowest BCUT2D eigenvalue weighted by atomic mass is 9.68. The van der Waals surface area contributed by atoms with E-state index in [2.05, 4.69) is 29.4 Å². The van der Waals surface area contributed by atoms with Crippen LogP contribution in [-0.4, -0.2) is 39.3 Å². The molecule has 3 N–H and O–H groups in total. The summed E-state index contributed by atoms with van der Waals surface area (Å²) in [5.74, 6) is 0.269. The number of piperidine rings is 1. The second-order valence-electron chi connectivity index (χ2n) is 8.61. The Hall–Kier alpha value is -2.57. The van der Waals surface area contributed by atoms with Gasteiger partial charge in [0.05, 0.1) is 17.8 Å². The van der Waals surface area contributed by atoms with Crippen LogP contribution in [0.1, 0.15) is 38.4 Å². The molecule has 0 aliphatic carbocycles. The van der Waals surface area contributed by atoms with Crippen molar-refractivity contribution < 1.29 is 9.90 Å². The van der Waals surface area contributed by atoms with E-state index in [1.165, 1.54) is 0 Å². The molecule has 2 aromatic carbocycles. The SMILES string of the molecule is CC(C)(C1CCN(C(=O)Nc2ccccc2)CC1)C(O)c1cc(Cl)cc2cn[nH]c12. The van der Waals surface area contributed by atoms with E-state index in [4.69, 9.17) is 11.6 Å². The maximum atomic E-state index is 12.6. The van der Waals surface area contributed by atoms with Gasteiger partial charge in [0.15, 0.2) is 0 Å². The normalized spacial score (nSPS) is 16.6. The first-order valence-corrected chi connectivity index (χ1v) is 10.7. The zero-order chi connectivity index (χ0) is 21.3. The third-order valence-corrected chi connectivity index (χ3v) is 6.62. The molecule has 2 heterocycles. The number of H-pyrrole nitrogens is 1. The predicted molar refractivity (Wildman–Crippen MR) is 120 cm³/mol. The summed E-state index contributed by atoms with van der Waals surface area (Å²) in [5, 5.41) is 22.8. The summed E-state index contributed by atoms with van der Waals surface area (Å²) < 4.78 is 0. The van der Waals surface area contributed by atoms with Gasteiger partial charge in [0, 0.05) is 34.7 Å². The lowest BCUT2D eigenvalue weighted by molar-refractivity contribution is -0.0138. The number of fused-ring (bicyclic) bond motifs is 1. The van der Waals surface area contributed by atoms with Crippen molar-refractivity contribution in [2.45, 2.75) is 32.8 Å². The fourth-order valence-corrected chi connectivity index (χ4v) is 4.67. The Morgan fingerprint density at radius 2 is 1.97 bits per heavy atom. The molecule has 158 valence electrons. The Balaban J connectivity index is 1.44. The van der Waals surface area contributed by atoms with Crippen molar-refractivity contribution in [1.29, 1.82) is 0 Å². The van der Waals surface area contributed by atoms with Crippen LogP contribution in [0.5, 0.6) is 0 Å². The molecule has 1 aromatic heterocycles. The molecule has 1 unspecified atom stereocenters. The molecular weight excluding hydrogens is 400 g/mol. The highest BCUT2D eigenvalue weighted by atomic mass is 35.5. The monoisotopic (exact) mass is 426 g/mol. The van der Waals surface area contributed by atoms with Crippen LogP contribution in [-0.2, 0) is 0 Å². The Morgan fingerprint density at radius 3 is 2.67 bits per heavy atom. The van der Waals surface area contributed by atoms with Crippen molar-refractivity contribution in [1.82, 2.24) is 15.1 Å². The highest BCUT2D eigenvalue weighted by Gasteiger charge is 2.40. The van der Waals surface area contributed by atoms with E-state index < -0.39 is 6.10 Å². The molecule has 2 amide bonds. The van der Waals surface area contributed by atoms with E-state index in [1.807, 2.05) is 47.4 Å². The molecule has 3 aromatic rings. The highest BCUT2D eigenvalue weighted by Crippen LogP contribution is 2.46. The molecule has 0 radical (unpaired) electrons.